The smallest absolute Gasteiger partial charge is 0.0417 e. The second kappa shape index (κ2) is 7.39. The Hall–Kier alpha value is -0.890. The van der Waals surface area contributed by atoms with Crippen molar-refractivity contribution in [2.24, 2.45) is 0 Å². The van der Waals surface area contributed by atoms with E-state index in [-0.39, 0.29) is 0 Å². The molecule has 1 N–H and O–H groups in total. The molecular weight excluding hydrogens is 196 g/mol. The monoisotopic (exact) mass is 220 g/mol. The van der Waals surface area contributed by atoms with Gasteiger partial charge in [-0.15, -0.1) is 0 Å². The van der Waals surface area contributed by atoms with Crippen LogP contribution >= 0.6 is 0 Å². The van der Waals surface area contributed by atoms with E-state index in [2.05, 4.69) is 37.1 Å². The Morgan fingerprint density at radius 3 is 2.88 bits per heavy atom. The van der Waals surface area contributed by atoms with Gasteiger partial charge in [-0.3, -0.25) is 4.98 Å². The van der Waals surface area contributed by atoms with Crippen molar-refractivity contribution in [3.8, 4) is 0 Å². The normalized spacial score (nSPS) is 12.7. The number of hydrogen-bond donors (Lipinski definition) is 1. The molecular formula is C14H24N2. The maximum absolute atomic E-state index is 4.29. The third kappa shape index (κ3) is 4.75. The van der Waals surface area contributed by atoms with Gasteiger partial charge in [-0.1, -0.05) is 32.3 Å². The average molecular weight is 220 g/mol. The standard InChI is InChI=1S/C14H24N2/c1-4-5-6-8-12(2)16-11-14-9-7-10-15-13(14)3/h7,9-10,12,16H,4-6,8,11H2,1-3H3. The number of aromatic nitrogens is 1. The molecule has 2 nitrogen and oxygen atoms in total. The van der Waals surface area contributed by atoms with E-state index >= 15 is 0 Å². The summed E-state index contributed by atoms with van der Waals surface area (Å²) in [7, 11) is 0. The SMILES string of the molecule is CCCCCC(C)NCc1cccnc1C. The highest BCUT2D eigenvalue weighted by Crippen LogP contribution is 2.06. The fourth-order valence-electron chi connectivity index (χ4n) is 1.79. The van der Waals surface area contributed by atoms with E-state index in [0.29, 0.717) is 6.04 Å². The van der Waals surface area contributed by atoms with Crippen molar-refractivity contribution >= 4 is 0 Å². The summed E-state index contributed by atoms with van der Waals surface area (Å²) in [5.41, 5.74) is 2.44. The summed E-state index contributed by atoms with van der Waals surface area (Å²) in [6, 6.07) is 4.76. The molecule has 90 valence electrons. The highest BCUT2D eigenvalue weighted by atomic mass is 14.9. The Bertz CT molecular complexity index is 297. The van der Waals surface area contributed by atoms with Crippen molar-refractivity contribution in [2.75, 3.05) is 0 Å². The molecule has 1 atom stereocenters. The third-order valence-corrected chi connectivity index (χ3v) is 3.00. The van der Waals surface area contributed by atoms with Crippen molar-refractivity contribution in [2.45, 2.75) is 59.0 Å². The molecule has 0 aliphatic carbocycles. The number of rotatable bonds is 7. The molecule has 0 spiro atoms. The Kier molecular flexibility index (Phi) is 6.09. The van der Waals surface area contributed by atoms with Gasteiger partial charge in [-0.05, 0) is 31.9 Å². The van der Waals surface area contributed by atoms with Crippen molar-refractivity contribution < 1.29 is 0 Å². The minimum Gasteiger partial charge on any atom is -0.310 e. The van der Waals surface area contributed by atoms with Gasteiger partial charge in [0.15, 0.2) is 0 Å². The van der Waals surface area contributed by atoms with E-state index in [1.165, 1.54) is 31.2 Å². The van der Waals surface area contributed by atoms with Gasteiger partial charge in [0.25, 0.3) is 0 Å². The third-order valence-electron chi connectivity index (χ3n) is 3.00. The lowest BCUT2D eigenvalue weighted by molar-refractivity contribution is 0.486. The molecule has 0 saturated heterocycles. The van der Waals surface area contributed by atoms with Crippen LogP contribution in [0.2, 0.25) is 0 Å². The molecule has 0 aromatic carbocycles. The molecule has 1 heterocycles. The lowest BCUT2D eigenvalue weighted by Crippen LogP contribution is -2.25. The second-order valence-electron chi connectivity index (χ2n) is 4.53. The van der Waals surface area contributed by atoms with E-state index < -0.39 is 0 Å². The predicted octanol–water partition coefficient (Wildman–Crippen LogP) is 3.45. The molecule has 2 heteroatoms. The molecule has 0 saturated carbocycles. The lowest BCUT2D eigenvalue weighted by atomic mass is 10.1. The first-order chi connectivity index (χ1) is 7.74. The lowest BCUT2D eigenvalue weighted by Gasteiger charge is -2.14. The number of aryl methyl sites for hydroxylation is 1. The summed E-state index contributed by atoms with van der Waals surface area (Å²) in [6.07, 6.45) is 7.10. The second-order valence-corrected chi connectivity index (χ2v) is 4.53. The summed E-state index contributed by atoms with van der Waals surface area (Å²) in [4.78, 5) is 4.29. The van der Waals surface area contributed by atoms with Crippen LogP contribution in [0, 0.1) is 6.92 Å². The van der Waals surface area contributed by atoms with Gasteiger partial charge in [0.2, 0.25) is 0 Å². The number of hydrogen-bond acceptors (Lipinski definition) is 2. The van der Waals surface area contributed by atoms with Crippen LogP contribution in [0.5, 0.6) is 0 Å². The zero-order valence-corrected chi connectivity index (χ0v) is 10.8. The summed E-state index contributed by atoms with van der Waals surface area (Å²) >= 11 is 0. The van der Waals surface area contributed by atoms with E-state index in [9.17, 15) is 0 Å². The summed E-state index contributed by atoms with van der Waals surface area (Å²) < 4.78 is 0. The minimum absolute atomic E-state index is 0.603. The molecule has 0 fully saturated rings. The number of unbranched alkanes of at least 4 members (excludes halogenated alkanes) is 2. The van der Waals surface area contributed by atoms with E-state index in [4.69, 9.17) is 0 Å². The summed E-state index contributed by atoms with van der Waals surface area (Å²) in [5, 5.41) is 3.56. The van der Waals surface area contributed by atoms with Crippen LogP contribution < -0.4 is 5.32 Å². The first-order valence-electron chi connectivity index (χ1n) is 6.38. The fraction of sp³-hybridized carbons (Fsp3) is 0.643. The van der Waals surface area contributed by atoms with Crippen LogP contribution in [-0.2, 0) is 6.54 Å². The van der Waals surface area contributed by atoms with Crippen LogP contribution in [0.25, 0.3) is 0 Å². The molecule has 0 aliphatic rings. The molecule has 0 radical (unpaired) electrons. The summed E-state index contributed by atoms with van der Waals surface area (Å²) in [6.45, 7) is 7.52. The average Bonchev–Trinajstić information content (AvgIpc) is 2.28. The molecule has 1 unspecified atom stereocenters. The predicted molar refractivity (Wildman–Crippen MR) is 69.4 cm³/mol. The van der Waals surface area contributed by atoms with Crippen molar-refractivity contribution in [3.05, 3.63) is 29.6 Å². The van der Waals surface area contributed by atoms with E-state index in [0.717, 1.165) is 12.2 Å². The minimum atomic E-state index is 0.603. The van der Waals surface area contributed by atoms with E-state index in [1.807, 2.05) is 12.3 Å². The molecule has 0 bridgehead atoms. The molecule has 1 aromatic heterocycles. The van der Waals surface area contributed by atoms with Gasteiger partial charge in [0.05, 0.1) is 0 Å². The highest BCUT2D eigenvalue weighted by molar-refractivity contribution is 5.17. The Morgan fingerprint density at radius 1 is 1.38 bits per heavy atom. The Labute approximate surface area is 99.5 Å². The topological polar surface area (TPSA) is 24.9 Å². The highest BCUT2D eigenvalue weighted by Gasteiger charge is 2.02. The van der Waals surface area contributed by atoms with Gasteiger partial charge in [0, 0.05) is 24.5 Å². The van der Waals surface area contributed by atoms with Gasteiger partial charge in [0.1, 0.15) is 0 Å². The number of nitrogens with zero attached hydrogens (tertiary/aromatic N) is 1. The van der Waals surface area contributed by atoms with Gasteiger partial charge >= 0.3 is 0 Å². The zero-order valence-electron chi connectivity index (χ0n) is 10.8. The molecule has 0 aliphatic heterocycles. The Balaban J connectivity index is 2.26. The maximum Gasteiger partial charge on any atom is 0.0417 e. The van der Waals surface area contributed by atoms with Crippen molar-refractivity contribution in [1.29, 1.82) is 0 Å². The number of pyridine rings is 1. The van der Waals surface area contributed by atoms with Crippen LogP contribution in [-0.4, -0.2) is 11.0 Å². The van der Waals surface area contributed by atoms with Crippen LogP contribution in [0.3, 0.4) is 0 Å². The van der Waals surface area contributed by atoms with Gasteiger partial charge < -0.3 is 5.32 Å². The number of nitrogens with one attached hydrogen (secondary N) is 1. The van der Waals surface area contributed by atoms with Crippen LogP contribution in [0.1, 0.15) is 50.8 Å². The van der Waals surface area contributed by atoms with Crippen molar-refractivity contribution in [1.82, 2.24) is 10.3 Å². The molecule has 1 aromatic rings. The quantitative estimate of drug-likeness (QED) is 0.712. The largest absolute Gasteiger partial charge is 0.310 e. The maximum atomic E-state index is 4.29. The Morgan fingerprint density at radius 2 is 2.19 bits per heavy atom. The first kappa shape index (κ1) is 13.2. The molecule has 0 amide bonds. The molecule has 16 heavy (non-hydrogen) atoms. The van der Waals surface area contributed by atoms with Crippen molar-refractivity contribution in [3.63, 3.8) is 0 Å². The van der Waals surface area contributed by atoms with Gasteiger partial charge in [-0.2, -0.15) is 0 Å². The van der Waals surface area contributed by atoms with Gasteiger partial charge in [-0.25, -0.2) is 0 Å². The summed E-state index contributed by atoms with van der Waals surface area (Å²) in [5.74, 6) is 0. The molecule has 1 rings (SSSR count). The van der Waals surface area contributed by atoms with Crippen LogP contribution in [0.4, 0.5) is 0 Å². The fourth-order valence-corrected chi connectivity index (χ4v) is 1.79. The van der Waals surface area contributed by atoms with E-state index in [1.54, 1.807) is 0 Å². The van der Waals surface area contributed by atoms with Crippen LogP contribution in [0.15, 0.2) is 18.3 Å². The zero-order chi connectivity index (χ0) is 11.8. The first-order valence-corrected chi connectivity index (χ1v) is 6.38.